The second kappa shape index (κ2) is 12.5. The minimum atomic E-state index is -0.758. The van der Waals surface area contributed by atoms with Gasteiger partial charge in [-0.05, 0) is 37.0 Å². The third-order valence-electron chi connectivity index (χ3n) is 6.07. The van der Waals surface area contributed by atoms with Crippen LogP contribution in [0.2, 0.25) is 0 Å². The molecule has 2 aliphatic rings. The maximum Gasteiger partial charge on any atom is 0.307 e. The summed E-state index contributed by atoms with van der Waals surface area (Å²) in [7, 11) is 0. The van der Waals surface area contributed by atoms with Gasteiger partial charge in [-0.3, -0.25) is 24.1 Å². The summed E-state index contributed by atoms with van der Waals surface area (Å²) in [5.41, 5.74) is 1.00. The van der Waals surface area contributed by atoms with E-state index in [4.69, 9.17) is 4.74 Å². The van der Waals surface area contributed by atoms with Gasteiger partial charge in [-0.25, -0.2) is 0 Å². The van der Waals surface area contributed by atoms with Gasteiger partial charge in [-0.15, -0.1) is 0 Å². The van der Waals surface area contributed by atoms with E-state index in [1.165, 1.54) is 6.42 Å². The molecule has 0 spiro atoms. The van der Waals surface area contributed by atoms with Crippen molar-refractivity contribution in [2.45, 2.75) is 64.5 Å². The Hall–Kier alpha value is -2.94. The van der Waals surface area contributed by atoms with Crippen molar-refractivity contribution >= 4 is 29.4 Å². The quantitative estimate of drug-likeness (QED) is 0.474. The van der Waals surface area contributed by atoms with Crippen LogP contribution in [0.25, 0.3) is 0 Å². The van der Waals surface area contributed by atoms with Crippen molar-refractivity contribution in [1.29, 1.82) is 0 Å². The minimum Gasteiger partial charge on any atom is -0.465 e. The van der Waals surface area contributed by atoms with Crippen LogP contribution in [-0.4, -0.2) is 66.9 Å². The highest BCUT2D eigenvalue weighted by Gasteiger charge is 2.33. The van der Waals surface area contributed by atoms with Crippen molar-refractivity contribution in [3.05, 3.63) is 29.8 Å². The molecule has 34 heavy (non-hydrogen) atoms. The fourth-order valence-electron chi connectivity index (χ4n) is 4.29. The Morgan fingerprint density at radius 1 is 1.18 bits per heavy atom. The van der Waals surface area contributed by atoms with Crippen molar-refractivity contribution in [2.75, 3.05) is 31.6 Å². The molecule has 1 unspecified atom stereocenters. The minimum absolute atomic E-state index is 0.0476. The molecule has 3 amide bonds. The summed E-state index contributed by atoms with van der Waals surface area (Å²) in [5.74, 6) is -1.01. The fraction of sp³-hybridized carbons (Fsp3) is 0.600. The number of hydrogen-bond acceptors (Lipinski definition) is 6. The lowest BCUT2D eigenvalue weighted by Gasteiger charge is -2.33. The standard InChI is InChI=1S/C25H36N4O5/c1-17(2)16-34-23(31)14-21-25(33)26-11-12-29(21)15-22(30)27-20-10-6-7-18(13-20)24(32)28-19-8-4-3-5-9-19/h6-7,10,13,17,19,21H,3-5,8-9,11-12,14-16H2,1-2H3,(H,26,33)(H,27,30)(H,28,32). The van der Waals surface area contributed by atoms with E-state index >= 15 is 0 Å². The zero-order valence-electron chi connectivity index (χ0n) is 20.1. The van der Waals surface area contributed by atoms with E-state index in [-0.39, 0.29) is 42.6 Å². The molecular weight excluding hydrogens is 436 g/mol. The molecule has 1 aliphatic heterocycles. The molecule has 1 aromatic rings. The highest BCUT2D eigenvalue weighted by Crippen LogP contribution is 2.19. The smallest absolute Gasteiger partial charge is 0.307 e. The molecule has 9 heteroatoms. The molecule has 1 aromatic carbocycles. The van der Waals surface area contributed by atoms with E-state index in [1.54, 1.807) is 29.2 Å². The van der Waals surface area contributed by atoms with Gasteiger partial charge in [-0.1, -0.05) is 39.2 Å². The second-order valence-corrected chi connectivity index (χ2v) is 9.50. The number of amides is 3. The molecule has 1 saturated carbocycles. The van der Waals surface area contributed by atoms with Crippen molar-refractivity contribution in [2.24, 2.45) is 5.92 Å². The molecule has 186 valence electrons. The Balaban J connectivity index is 1.55. The van der Waals surface area contributed by atoms with E-state index < -0.39 is 12.0 Å². The van der Waals surface area contributed by atoms with Gasteiger partial charge in [0.25, 0.3) is 5.91 Å². The Labute approximate surface area is 201 Å². The van der Waals surface area contributed by atoms with E-state index in [0.29, 0.717) is 30.9 Å². The van der Waals surface area contributed by atoms with Gasteiger partial charge < -0.3 is 20.7 Å². The van der Waals surface area contributed by atoms with Gasteiger partial charge >= 0.3 is 5.97 Å². The molecule has 3 rings (SSSR count). The van der Waals surface area contributed by atoms with Crippen molar-refractivity contribution in [3.8, 4) is 0 Å². The second-order valence-electron chi connectivity index (χ2n) is 9.50. The molecule has 9 nitrogen and oxygen atoms in total. The van der Waals surface area contributed by atoms with E-state index in [9.17, 15) is 19.2 Å². The molecule has 2 fully saturated rings. The lowest BCUT2D eigenvalue weighted by molar-refractivity contribution is -0.149. The lowest BCUT2D eigenvalue weighted by atomic mass is 9.95. The van der Waals surface area contributed by atoms with Crippen molar-refractivity contribution in [1.82, 2.24) is 15.5 Å². The SMILES string of the molecule is CC(C)COC(=O)CC1C(=O)NCCN1CC(=O)Nc1cccc(C(=O)NC2CCCCC2)c1. The number of hydrogen-bond donors (Lipinski definition) is 3. The molecule has 0 aromatic heterocycles. The van der Waals surface area contributed by atoms with E-state index in [2.05, 4.69) is 16.0 Å². The van der Waals surface area contributed by atoms with Gasteiger partial charge in [0.05, 0.1) is 19.6 Å². The van der Waals surface area contributed by atoms with E-state index in [1.807, 2.05) is 13.8 Å². The van der Waals surface area contributed by atoms with Crippen LogP contribution >= 0.6 is 0 Å². The van der Waals surface area contributed by atoms with Crippen molar-refractivity contribution < 1.29 is 23.9 Å². The van der Waals surface area contributed by atoms with Crippen LogP contribution in [0.1, 0.15) is 62.7 Å². The summed E-state index contributed by atoms with van der Waals surface area (Å²) in [5, 5.41) is 8.63. The summed E-state index contributed by atoms with van der Waals surface area (Å²) in [6.07, 6.45) is 5.36. The summed E-state index contributed by atoms with van der Waals surface area (Å²) >= 11 is 0. The molecule has 1 atom stereocenters. The molecule has 1 heterocycles. The van der Waals surface area contributed by atoms with Crippen LogP contribution < -0.4 is 16.0 Å². The number of nitrogens with one attached hydrogen (secondary N) is 3. The predicted molar refractivity (Wildman–Crippen MR) is 128 cm³/mol. The maximum absolute atomic E-state index is 12.7. The normalized spacial score (nSPS) is 19.4. The summed E-state index contributed by atoms with van der Waals surface area (Å²) in [4.78, 5) is 51.6. The third kappa shape index (κ3) is 7.83. The molecule has 3 N–H and O–H groups in total. The first-order valence-corrected chi connectivity index (χ1v) is 12.2. The Morgan fingerprint density at radius 3 is 2.68 bits per heavy atom. The highest BCUT2D eigenvalue weighted by atomic mass is 16.5. The number of anilines is 1. The third-order valence-corrected chi connectivity index (χ3v) is 6.07. The van der Waals surface area contributed by atoms with Crippen LogP contribution in [0.3, 0.4) is 0 Å². The highest BCUT2D eigenvalue weighted by molar-refractivity contribution is 5.98. The zero-order valence-corrected chi connectivity index (χ0v) is 20.1. The summed E-state index contributed by atoms with van der Waals surface area (Å²) < 4.78 is 5.21. The number of esters is 1. The molecule has 1 saturated heterocycles. The van der Waals surface area contributed by atoms with E-state index in [0.717, 1.165) is 25.7 Å². The first-order chi connectivity index (χ1) is 16.3. The molecule has 0 radical (unpaired) electrons. The lowest BCUT2D eigenvalue weighted by Crippen LogP contribution is -2.57. The topological polar surface area (TPSA) is 117 Å². The molecule has 0 bridgehead atoms. The number of carbonyl (C=O) groups is 4. The Morgan fingerprint density at radius 2 is 1.94 bits per heavy atom. The van der Waals surface area contributed by atoms with Crippen LogP contribution in [-0.2, 0) is 19.1 Å². The fourth-order valence-corrected chi connectivity index (χ4v) is 4.29. The maximum atomic E-state index is 12.7. The summed E-state index contributed by atoms with van der Waals surface area (Å²) in [6.45, 7) is 4.97. The van der Waals surface area contributed by atoms with Crippen LogP contribution in [0, 0.1) is 5.92 Å². The predicted octanol–water partition coefficient (Wildman–Crippen LogP) is 2.08. The monoisotopic (exact) mass is 472 g/mol. The number of ether oxygens (including phenoxy) is 1. The van der Waals surface area contributed by atoms with Gasteiger partial charge in [-0.2, -0.15) is 0 Å². The van der Waals surface area contributed by atoms with Crippen LogP contribution in [0.4, 0.5) is 5.69 Å². The molecule has 1 aliphatic carbocycles. The number of carbonyl (C=O) groups excluding carboxylic acids is 4. The zero-order chi connectivity index (χ0) is 24.5. The van der Waals surface area contributed by atoms with Gasteiger partial charge in [0, 0.05) is 30.4 Å². The van der Waals surface area contributed by atoms with Gasteiger partial charge in [0.2, 0.25) is 11.8 Å². The number of rotatable bonds is 9. The number of piperazine rings is 1. The Kier molecular flexibility index (Phi) is 9.44. The van der Waals surface area contributed by atoms with Crippen LogP contribution in [0.5, 0.6) is 0 Å². The molecular formula is C25H36N4O5. The largest absolute Gasteiger partial charge is 0.465 e. The van der Waals surface area contributed by atoms with Crippen LogP contribution in [0.15, 0.2) is 24.3 Å². The first kappa shape index (κ1) is 25.7. The number of benzene rings is 1. The Bertz CT molecular complexity index is 882. The van der Waals surface area contributed by atoms with Gasteiger partial charge in [0.15, 0.2) is 0 Å². The number of nitrogens with zero attached hydrogens (tertiary/aromatic N) is 1. The average molecular weight is 473 g/mol. The van der Waals surface area contributed by atoms with Crippen molar-refractivity contribution in [3.63, 3.8) is 0 Å². The van der Waals surface area contributed by atoms with Gasteiger partial charge in [0.1, 0.15) is 6.04 Å². The average Bonchev–Trinajstić information content (AvgIpc) is 2.80. The first-order valence-electron chi connectivity index (χ1n) is 12.2. The summed E-state index contributed by atoms with van der Waals surface area (Å²) in [6, 6.07) is 6.27.